The SMILES string of the molecule is C[C@H](NC(=O)CCN1CCC(C(=O)Nc2ccccc2)CC1)c1ccccc1. The van der Waals surface area contributed by atoms with E-state index in [1.165, 1.54) is 0 Å². The van der Waals surface area contributed by atoms with Crippen molar-refractivity contribution in [2.75, 3.05) is 25.0 Å². The first-order valence-corrected chi connectivity index (χ1v) is 10.0. The number of nitrogens with one attached hydrogen (secondary N) is 2. The van der Waals surface area contributed by atoms with Crippen LogP contribution in [0, 0.1) is 5.92 Å². The summed E-state index contributed by atoms with van der Waals surface area (Å²) in [6.07, 6.45) is 2.15. The van der Waals surface area contributed by atoms with Gasteiger partial charge in [-0.2, -0.15) is 0 Å². The molecule has 0 spiro atoms. The first kappa shape index (κ1) is 20.1. The van der Waals surface area contributed by atoms with E-state index >= 15 is 0 Å². The minimum absolute atomic E-state index is 0.0149. The number of hydrogen-bond donors (Lipinski definition) is 2. The second-order valence-corrected chi connectivity index (χ2v) is 7.42. The molecule has 0 radical (unpaired) electrons. The van der Waals surface area contributed by atoms with Crippen LogP contribution in [0.3, 0.4) is 0 Å². The van der Waals surface area contributed by atoms with Crippen molar-refractivity contribution in [1.82, 2.24) is 10.2 Å². The van der Waals surface area contributed by atoms with Gasteiger partial charge in [0.15, 0.2) is 0 Å². The van der Waals surface area contributed by atoms with Gasteiger partial charge in [0.25, 0.3) is 0 Å². The Morgan fingerprint density at radius 2 is 1.61 bits per heavy atom. The second kappa shape index (κ2) is 10.0. The zero-order valence-corrected chi connectivity index (χ0v) is 16.4. The van der Waals surface area contributed by atoms with Gasteiger partial charge in [-0.25, -0.2) is 0 Å². The highest BCUT2D eigenvalue weighted by atomic mass is 16.2. The van der Waals surface area contributed by atoms with E-state index in [1.54, 1.807) is 0 Å². The predicted octanol–water partition coefficient (Wildman–Crippen LogP) is 3.60. The molecule has 1 atom stereocenters. The molecule has 2 aromatic carbocycles. The molecule has 1 aliphatic rings. The molecule has 1 saturated heterocycles. The lowest BCUT2D eigenvalue weighted by molar-refractivity contribution is -0.123. The number of nitrogens with zero attached hydrogens (tertiary/aromatic N) is 1. The molecular weight excluding hydrogens is 350 g/mol. The molecule has 1 heterocycles. The lowest BCUT2D eigenvalue weighted by atomic mass is 9.95. The monoisotopic (exact) mass is 379 g/mol. The molecule has 1 aliphatic heterocycles. The summed E-state index contributed by atoms with van der Waals surface area (Å²) in [6, 6.07) is 19.6. The Morgan fingerprint density at radius 1 is 1.00 bits per heavy atom. The first-order valence-electron chi connectivity index (χ1n) is 10.0. The summed E-state index contributed by atoms with van der Waals surface area (Å²) in [4.78, 5) is 26.9. The molecule has 0 saturated carbocycles. The van der Waals surface area contributed by atoms with E-state index in [0.717, 1.165) is 43.7 Å². The number of anilines is 1. The van der Waals surface area contributed by atoms with Crippen LogP contribution in [0.15, 0.2) is 60.7 Å². The molecule has 3 rings (SSSR count). The fourth-order valence-corrected chi connectivity index (χ4v) is 3.58. The van der Waals surface area contributed by atoms with Crippen molar-refractivity contribution < 1.29 is 9.59 Å². The van der Waals surface area contributed by atoms with Gasteiger partial charge in [0, 0.05) is 24.6 Å². The van der Waals surface area contributed by atoms with Gasteiger partial charge < -0.3 is 15.5 Å². The molecule has 0 aliphatic carbocycles. The summed E-state index contributed by atoms with van der Waals surface area (Å²) in [7, 11) is 0. The third-order valence-electron chi connectivity index (χ3n) is 5.33. The Labute approximate surface area is 167 Å². The predicted molar refractivity (Wildman–Crippen MR) is 112 cm³/mol. The fourth-order valence-electron chi connectivity index (χ4n) is 3.58. The third kappa shape index (κ3) is 5.92. The van der Waals surface area contributed by atoms with Gasteiger partial charge in [0.1, 0.15) is 0 Å². The summed E-state index contributed by atoms with van der Waals surface area (Å²) in [5.41, 5.74) is 1.96. The highest BCUT2D eigenvalue weighted by molar-refractivity contribution is 5.92. The number of carbonyl (C=O) groups excluding carboxylic acids is 2. The minimum atomic E-state index is 0.0149. The first-order chi connectivity index (χ1) is 13.6. The van der Waals surface area contributed by atoms with E-state index in [-0.39, 0.29) is 23.8 Å². The number of piperidine rings is 1. The van der Waals surface area contributed by atoms with Gasteiger partial charge in [-0.15, -0.1) is 0 Å². The molecule has 0 unspecified atom stereocenters. The molecule has 2 amide bonds. The Morgan fingerprint density at radius 3 is 2.25 bits per heavy atom. The van der Waals surface area contributed by atoms with E-state index in [9.17, 15) is 9.59 Å². The van der Waals surface area contributed by atoms with Crippen molar-refractivity contribution in [3.8, 4) is 0 Å². The van der Waals surface area contributed by atoms with Gasteiger partial charge in [-0.1, -0.05) is 48.5 Å². The topological polar surface area (TPSA) is 61.4 Å². The number of likely N-dealkylation sites (tertiary alicyclic amines) is 1. The normalized spacial score (nSPS) is 16.3. The van der Waals surface area contributed by atoms with Crippen LogP contribution >= 0.6 is 0 Å². The number of rotatable bonds is 7. The second-order valence-electron chi connectivity index (χ2n) is 7.42. The highest BCUT2D eigenvalue weighted by Crippen LogP contribution is 2.20. The van der Waals surface area contributed by atoms with Crippen LogP contribution in [-0.4, -0.2) is 36.3 Å². The van der Waals surface area contributed by atoms with Crippen LogP contribution in [-0.2, 0) is 9.59 Å². The van der Waals surface area contributed by atoms with Crippen LogP contribution in [0.25, 0.3) is 0 Å². The lowest BCUT2D eigenvalue weighted by Gasteiger charge is -2.31. The standard InChI is InChI=1S/C23H29N3O2/c1-18(19-8-4-2-5-9-19)24-22(27)14-17-26-15-12-20(13-16-26)23(28)25-21-10-6-3-7-11-21/h2-11,18,20H,12-17H2,1H3,(H,24,27)(H,25,28)/t18-/m0/s1. The molecule has 28 heavy (non-hydrogen) atoms. The molecule has 1 fully saturated rings. The fraction of sp³-hybridized carbons (Fsp3) is 0.391. The summed E-state index contributed by atoms with van der Waals surface area (Å²) in [5.74, 6) is 0.212. The largest absolute Gasteiger partial charge is 0.350 e. The van der Waals surface area contributed by atoms with Crippen molar-refractivity contribution in [2.24, 2.45) is 5.92 Å². The van der Waals surface area contributed by atoms with E-state index in [4.69, 9.17) is 0 Å². The maximum Gasteiger partial charge on any atom is 0.227 e. The summed E-state index contributed by atoms with van der Waals surface area (Å²) in [5, 5.41) is 6.05. The summed E-state index contributed by atoms with van der Waals surface area (Å²) in [6.45, 7) is 4.45. The third-order valence-corrected chi connectivity index (χ3v) is 5.33. The zero-order chi connectivity index (χ0) is 19.8. The van der Waals surface area contributed by atoms with Crippen LogP contribution in [0.5, 0.6) is 0 Å². The smallest absolute Gasteiger partial charge is 0.227 e. The number of para-hydroxylation sites is 1. The Hall–Kier alpha value is -2.66. The number of benzene rings is 2. The molecule has 2 N–H and O–H groups in total. The Balaban J connectivity index is 1.36. The minimum Gasteiger partial charge on any atom is -0.350 e. The number of carbonyl (C=O) groups is 2. The van der Waals surface area contributed by atoms with Crippen molar-refractivity contribution in [2.45, 2.75) is 32.2 Å². The Bertz CT molecular complexity index is 756. The van der Waals surface area contributed by atoms with Gasteiger partial charge in [0.2, 0.25) is 11.8 Å². The quantitative estimate of drug-likeness (QED) is 0.773. The lowest BCUT2D eigenvalue weighted by Crippen LogP contribution is -2.40. The van der Waals surface area contributed by atoms with Crippen LogP contribution < -0.4 is 10.6 Å². The molecular formula is C23H29N3O2. The van der Waals surface area contributed by atoms with Crippen LogP contribution in [0.1, 0.15) is 37.8 Å². The van der Waals surface area contributed by atoms with Crippen molar-refractivity contribution in [3.05, 3.63) is 66.2 Å². The maximum absolute atomic E-state index is 12.4. The molecule has 0 aromatic heterocycles. The maximum atomic E-state index is 12.4. The molecule has 5 nitrogen and oxygen atoms in total. The number of amides is 2. The molecule has 2 aromatic rings. The molecule has 148 valence electrons. The van der Waals surface area contributed by atoms with E-state index in [1.807, 2.05) is 67.6 Å². The van der Waals surface area contributed by atoms with E-state index in [0.29, 0.717) is 6.42 Å². The average Bonchev–Trinajstić information content (AvgIpc) is 2.74. The van der Waals surface area contributed by atoms with E-state index in [2.05, 4.69) is 15.5 Å². The van der Waals surface area contributed by atoms with Gasteiger partial charge in [0.05, 0.1) is 6.04 Å². The van der Waals surface area contributed by atoms with Crippen LogP contribution in [0.4, 0.5) is 5.69 Å². The van der Waals surface area contributed by atoms with Crippen LogP contribution in [0.2, 0.25) is 0 Å². The summed E-state index contributed by atoms with van der Waals surface area (Å²) < 4.78 is 0. The van der Waals surface area contributed by atoms with Gasteiger partial charge in [-0.3, -0.25) is 9.59 Å². The number of hydrogen-bond acceptors (Lipinski definition) is 3. The molecule has 0 bridgehead atoms. The zero-order valence-electron chi connectivity index (χ0n) is 16.4. The molecule has 5 heteroatoms. The van der Waals surface area contributed by atoms with Gasteiger partial charge >= 0.3 is 0 Å². The van der Waals surface area contributed by atoms with Gasteiger partial charge in [-0.05, 0) is 50.6 Å². The summed E-state index contributed by atoms with van der Waals surface area (Å²) >= 11 is 0. The van der Waals surface area contributed by atoms with Crippen molar-refractivity contribution in [3.63, 3.8) is 0 Å². The van der Waals surface area contributed by atoms with Crippen molar-refractivity contribution in [1.29, 1.82) is 0 Å². The Kier molecular flexibility index (Phi) is 7.20. The van der Waals surface area contributed by atoms with E-state index < -0.39 is 0 Å². The average molecular weight is 380 g/mol. The highest BCUT2D eigenvalue weighted by Gasteiger charge is 2.25. The van der Waals surface area contributed by atoms with Crippen molar-refractivity contribution >= 4 is 17.5 Å².